The summed E-state index contributed by atoms with van der Waals surface area (Å²) in [6, 6.07) is 0. The van der Waals surface area contributed by atoms with Gasteiger partial charge >= 0.3 is 0 Å². The van der Waals surface area contributed by atoms with Crippen molar-refractivity contribution in [3.63, 3.8) is 0 Å². The van der Waals surface area contributed by atoms with Crippen molar-refractivity contribution in [2.24, 2.45) is 7.05 Å². The van der Waals surface area contributed by atoms with Crippen LogP contribution in [0.2, 0.25) is 0 Å². The lowest BCUT2D eigenvalue weighted by molar-refractivity contribution is 0.778. The zero-order valence-electron chi connectivity index (χ0n) is 7.50. The van der Waals surface area contributed by atoms with E-state index in [1.165, 1.54) is 0 Å². The highest BCUT2D eigenvalue weighted by Gasteiger charge is 2.06. The van der Waals surface area contributed by atoms with Gasteiger partial charge in [-0.3, -0.25) is 0 Å². The minimum Gasteiger partial charge on any atom is -0.341 e. The summed E-state index contributed by atoms with van der Waals surface area (Å²) in [5.41, 5.74) is 0. The first kappa shape index (κ1) is 9.39. The van der Waals surface area contributed by atoms with Crippen LogP contribution in [0.15, 0.2) is 12.4 Å². The maximum absolute atomic E-state index is 5.67. The molecule has 0 bridgehead atoms. The Morgan fingerprint density at radius 1 is 1.67 bits per heavy atom. The fourth-order valence-electron chi connectivity index (χ4n) is 1.16. The molecule has 1 rings (SSSR count). The molecule has 1 aromatic rings. The Balaban J connectivity index is 2.72. The van der Waals surface area contributed by atoms with Crippen molar-refractivity contribution < 1.29 is 0 Å². The van der Waals surface area contributed by atoms with Crippen LogP contribution >= 0.6 is 11.6 Å². The van der Waals surface area contributed by atoms with Gasteiger partial charge in [0.15, 0.2) is 0 Å². The predicted octanol–water partition coefficient (Wildman–Crippen LogP) is 1.49. The number of hydrogen-bond acceptors (Lipinski definition) is 2. The summed E-state index contributed by atoms with van der Waals surface area (Å²) < 4.78 is 2.00. The highest BCUT2D eigenvalue weighted by molar-refractivity contribution is 6.18. The normalized spacial score (nSPS) is 10.2. The van der Waals surface area contributed by atoms with Crippen LogP contribution in [0, 0.1) is 0 Å². The summed E-state index contributed by atoms with van der Waals surface area (Å²) in [6.07, 6.45) is 3.73. The van der Waals surface area contributed by atoms with Crippen LogP contribution in [0.25, 0.3) is 0 Å². The van der Waals surface area contributed by atoms with Gasteiger partial charge in [0.2, 0.25) is 5.95 Å². The van der Waals surface area contributed by atoms with E-state index in [2.05, 4.69) is 16.8 Å². The molecule has 68 valence electrons. The number of alkyl halides is 1. The molecule has 0 aliphatic rings. The lowest BCUT2D eigenvalue weighted by Gasteiger charge is -2.20. The number of hydrogen-bond donors (Lipinski definition) is 0. The smallest absolute Gasteiger partial charge is 0.205 e. The Hall–Kier alpha value is -0.700. The number of nitrogens with zero attached hydrogens (tertiary/aromatic N) is 3. The maximum Gasteiger partial charge on any atom is 0.205 e. The van der Waals surface area contributed by atoms with Gasteiger partial charge in [0.25, 0.3) is 0 Å². The fraction of sp³-hybridized carbons (Fsp3) is 0.625. The summed E-state index contributed by atoms with van der Waals surface area (Å²) in [5, 5.41) is 0. The molecule has 0 atom stereocenters. The Kier molecular flexibility index (Phi) is 3.41. The summed E-state index contributed by atoms with van der Waals surface area (Å²) in [7, 11) is 1.99. The SMILES string of the molecule is CCN(CCCl)c1nccn1C. The van der Waals surface area contributed by atoms with Crippen molar-refractivity contribution in [1.82, 2.24) is 9.55 Å². The second-order valence-corrected chi connectivity index (χ2v) is 2.98. The summed E-state index contributed by atoms with van der Waals surface area (Å²) >= 11 is 5.67. The molecule has 4 heteroatoms. The van der Waals surface area contributed by atoms with Gasteiger partial charge in [-0.25, -0.2) is 4.98 Å². The van der Waals surface area contributed by atoms with Crippen LogP contribution in [-0.2, 0) is 7.05 Å². The summed E-state index contributed by atoms with van der Waals surface area (Å²) in [6.45, 7) is 3.89. The monoisotopic (exact) mass is 187 g/mol. The van der Waals surface area contributed by atoms with Crippen molar-refractivity contribution in [2.75, 3.05) is 23.9 Å². The second kappa shape index (κ2) is 4.36. The Morgan fingerprint density at radius 2 is 2.42 bits per heavy atom. The zero-order chi connectivity index (χ0) is 8.97. The van der Waals surface area contributed by atoms with Crippen molar-refractivity contribution in [3.05, 3.63) is 12.4 Å². The first-order valence-corrected chi connectivity index (χ1v) is 4.61. The van der Waals surface area contributed by atoms with E-state index in [-0.39, 0.29) is 0 Å². The molecule has 0 aromatic carbocycles. The largest absolute Gasteiger partial charge is 0.341 e. The quantitative estimate of drug-likeness (QED) is 0.666. The Morgan fingerprint density at radius 3 is 2.83 bits per heavy atom. The molecule has 0 N–H and O–H groups in total. The van der Waals surface area contributed by atoms with Crippen LogP contribution in [0.1, 0.15) is 6.92 Å². The summed E-state index contributed by atoms with van der Waals surface area (Å²) in [4.78, 5) is 6.38. The molecule has 3 nitrogen and oxygen atoms in total. The third kappa shape index (κ3) is 1.91. The third-order valence-electron chi connectivity index (χ3n) is 1.81. The van der Waals surface area contributed by atoms with E-state index in [1.54, 1.807) is 6.20 Å². The first-order valence-electron chi connectivity index (χ1n) is 4.07. The Labute approximate surface area is 78.0 Å². The maximum atomic E-state index is 5.67. The van der Waals surface area contributed by atoms with Crippen LogP contribution < -0.4 is 4.90 Å². The summed E-state index contributed by atoms with van der Waals surface area (Å²) in [5.74, 6) is 1.62. The molecular weight excluding hydrogens is 174 g/mol. The Bertz CT molecular complexity index is 234. The van der Waals surface area contributed by atoms with E-state index < -0.39 is 0 Å². The minimum atomic E-state index is 0.640. The topological polar surface area (TPSA) is 21.1 Å². The van der Waals surface area contributed by atoms with Gasteiger partial charge in [-0.05, 0) is 6.92 Å². The number of anilines is 1. The fourth-order valence-corrected chi connectivity index (χ4v) is 1.37. The molecule has 0 aliphatic carbocycles. The molecule has 1 heterocycles. The molecular formula is C8H14ClN3. The lowest BCUT2D eigenvalue weighted by atomic mass is 10.5. The molecule has 0 aliphatic heterocycles. The van der Waals surface area contributed by atoms with Crippen LogP contribution in [0.4, 0.5) is 5.95 Å². The zero-order valence-corrected chi connectivity index (χ0v) is 8.25. The molecule has 0 unspecified atom stereocenters. The van der Waals surface area contributed by atoms with Crippen molar-refractivity contribution in [3.8, 4) is 0 Å². The standard InChI is InChI=1S/C8H14ClN3/c1-3-12(6-4-9)8-10-5-7-11(8)2/h5,7H,3-4,6H2,1-2H3. The third-order valence-corrected chi connectivity index (χ3v) is 1.98. The molecule has 0 radical (unpaired) electrons. The van der Waals surface area contributed by atoms with E-state index in [0.29, 0.717) is 5.88 Å². The van der Waals surface area contributed by atoms with Crippen molar-refractivity contribution in [2.45, 2.75) is 6.92 Å². The van der Waals surface area contributed by atoms with Crippen molar-refractivity contribution in [1.29, 1.82) is 0 Å². The first-order chi connectivity index (χ1) is 5.79. The number of rotatable bonds is 4. The van der Waals surface area contributed by atoms with Crippen LogP contribution in [-0.4, -0.2) is 28.5 Å². The number of aryl methyl sites for hydroxylation is 1. The van der Waals surface area contributed by atoms with Gasteiger partial charge in [0, 0.05) is 38.4 Å². The highest BCUT2D eigenvalue weighted by Crippen LogP contribution is 2.08. The molecule has 0 amide bonds. The average Bonchev–Trinajstić information content (AvgIpc) is 2.47. The van der Waals surface area contributed by atoms with Gasteiger partial charge in [-0.15, -0.1) is 11.6 Å². The molecule has 12 heavy (non-hydrogen) atoms. The van der Waals surface area contributed by atoms with E-state index in [0.717, 1.165) is 19.0 Å². The van der Waals surface area contributed by atoms with E-state index >= 15 is 0 Å². The number of halogens is 1. The van der Waals surface area contributed by atoms with Gasteiger partial charge < -0.3 is 9.47 Å². The molecule has 0 spiro atoms. The molecule has 0 fully saturated rings. The second-order valence-electron chi connectivity index (χ2n) is 2.61. The van der Waals surface area contributed by atoms with Crippen molar-refractivity contribution >= 4 is 17.5 Å². The van der Waals surface area contributed by atoms with E-state index in [1.807, 2.05) is 17.8 Å². The van der Waals surface area contributed by atoms with Crippen LogP contribution in [0.5, 0.6) is 0 Å². The number of imidazole rings is 1. The minimum absolute atomic E-state index is 0.640. The van der Waals surface area contributed by atoms with Crippen LogP contribution in [0.3, 0.4) is 0 Å². The molecule has 0 saturated heterocycles. The molecule has 1 aromatic heterocycles. The van der Waals surface area contributed by atoms with Gasteiger partial charge in [0.05, 0.1) is 0 Å². The average molecular weight is 188 g/mol. The van der Waals surface area contributed by atoms with Gasteiger partial charge in [-0.2, -0.15) is 0 Å². The number of aromatic nitrogens is 2. The van der Waals surface area contributed by atoms with E-state index in [4.69, 9.17) is 11.6 Å². The highest BCUT2D eigenvalue weighted by atomic mass is 35.5. The lowest BCUT2D eigenvalue weighted by Crippen LogP contribution is -2.27. The van der Waals surface area contributed by atoms with Gasteiger partial charge in [-0.1, -0.05) is 0 Å². The predicted molar refractivity (Wildman–Crippen MR) is 51.8 cm³/mol. The molecule has 0 saturated carbocycles. The van der Waals surface area contributed by atoms with E-state index in [9.17, 15) is 0 Å². The van der Waals surface area contributed by atoms with Gasteiger partial charge in [0.1, 0.15) is 0 Å².